The molecule has 0 spiro atoms. The lowest BCUT2D eigenvalue weighted by molar-refractivity contribution is 0.379. The lowest BCUT2D eigenvalue weighted by atomic mass is 10.1. The van der Waals surface area contributed by atoms with Gasteiger partial charge in [-0.3, -0.25) is 5.32 Å². The van der Waals surface area contributed by atoms with Gasteiger partial charge in [0.1, 0.15) is 5.82 Å². The number of hydrogen-bond acceptors (Lipinski definition) is 4. The molecule has 20 heavy (non-hydrogen) atoms. The molecule has 2 atom stereocenters. The Kier molecular flexibility index (Phi) is 4.62. The van der Waals surface area contributed by atoms with Gasteiger partial charge >= 0.3 is 0 Å². The SMILES string of the molecule is Cc1nnc([C@H](C)N[C@@H](C)c2cc(F)c(Cl)cc2Cl)o1. The summed E-state index contributed by atoms with van der Waals surface area (Å²) in [6.07, 6.45) is 0. The van der Waals surface area contributed by atoms with Gasteiger partial charge in [-0.05, 0) is 31.5 Å². The Bertz CT molecular complexity index is 618. The maximum absolute atomic E-state index is 13.5. The van der Waals surface area contributed by atoms with Crippen molar-refractivity contribution in [3.8, 4) is 0 Å². The number of rotatable bonds is 4. The molecule has 0 unspecified atom stereocenters. The summed E-state index contributed by atoms with van der Waals surface area (Å²) in [6, 6.07) is 2.35. The van der Waals surface area contributed by atoms with Crippen LogP contribution in [0.5, 0.6) is 0 Å². The minimum absolute atomic E-state index is 0.00604. The molecule has 0 aliphatic rings. The predicted octanol–water partition coefficient (Wildman–Crippen LogP) is 4.24. The van der Waals surface area contributed by atoms with Crippen LogP contribution in [0.4, 0.5) is 4.39 Å². The first-order valence-electron chi connectivity index (χ1n) is 6.09. The predicted molar refractivity (Wildman–Crippen MR) is 75.4 cm³/mol. The molecule has 0 fully saturated rings. The van der Waals surface area contributed by atoms with Gasteiger partial charge < -0.3 is 4.42 Å². The standard InChI is InChI=1S/C13H14Cl2FN3O/c1-6(9-4-12(16)11(15)5-10(9)14)17-7(2)13-19-18-8(3)20-13/h4-7,17H,1-3H3/t6-,7-/m0/s1. The summed E-state index contributed by atoms with van der Waals surface area (Å²) < 4.78 is 18.9. The fraction of sp³-hybridized carbons (Fsp3) is 0.385. The lowest BCUT2D eigenvalue weighted by Crippen LogP contribution is -2.23. The minimum atomic E-state index is -0.499. The van der Waals surface area contributed by atoms with Gasteiger partial charge in [-0.25, -0.2) is 4.39 Å². The first-order chi connectivity index (χ1) is 9.38. The Morgan fingerprint density at radius 3 is 2.45 bits per heavy atom. The monoisotopic (exact) mass is 317 g/mol. The van der Waals surface area contributed by atoms with Crippen LogP contribution in [0.1, 0.15) is 43.3 Å². The van der Waals surface area contributed by atoms with Crippen LogP contribution in [0.15, 0.2) is 16.5 Å². The van der Waals surface area contributed by atoms with Crippen LogP contribution in [0.2, 0.25) is 10.0 Å². The van der Waals surface area contributed by atoms with Crippen molar-refractivity contribution in [2.45, 2.75) is 32.9 Å². The van der Waals surface area contributed by atoms with E-state index in [0.29, 0.717) is 22.4 Å². The molecule has 0 bridgehead atoms. The molecule has 0 saturated heterocycles. The van der Waals surface area contributed by atoms with Crippen molar-refractivity contribution >= 4 is 23.2 Å². The van der Waals surface area contributed by atoms with E-state index in [4.69, 9.17) is 27.6 Å². The Labute approximate surface area is 126 Å². The molecular weight excluding hydrogens is 304 g/mol. The zero-order valence-corrected chi connectivity index (χ0v) is 12.8. The van der Waals surface area contributed by atoms with Gasteiger partial charge in [0, 0.05) is 18.0 Å². The maximum Gasteiger partial charge on any atom is 0.233 e. The number of nitrogens with zero attached hydrogens (tertiary/aromatic N) is 2. The molecule has 0 amide bonds. The van der Waals surface area contributed by atoms with Crippen molar-refractivity contribution in [2.24, 2.45) is 0 Å². The van der Waals surface area contributed by atoms with Crippen LogP contribution < -0.4 is 5.32 Å². The summed E-state index contributed by atoms with van der Waals surface area (Å²) in [6.45, 7) is 5.47. The van der Waals surface area contributed by atoms with Crippen molar-refractivity contribution < 1.29 is 8.81 Å². The minimum Gasteiger partial charge on any atom is -0.424 e. The van der Waals surface area contributed by atoms with Crippen LogP contribution in [0.3, 0.4) is 0 Å². The fourth-order valence-corrected chi connectivity index (χ4v) is 2.44. The highest BCUT2D eigenvalue weighted by atomic mass is 35.5. The highest BCUT2D eigenvalue weighted by Gasteiger charge is 2.19. The average molecular weight is 318 g/mol. The lowest BCUT2D eigenvalue weighted by Gasteiger charge is -2.19. The van der Waals surface area contributed by atoms with Crippen LogP contribution in [-0.4, -0.2) is 10.2 Å². The fourth-order valence-electron chi connectivity index (χ4n) is 1.89. The van der Waals surface area contributed by atoms with Crippen molar-refractivity contribution in [3.05, 3.63) is 45.3 Å². The zero-order chi connectivity index (χ0) is 14.9. The molecule has 0 saturated carbocycles. The topological polar surface area (TPSA) is 51.0 Å². The van der Waals surface area contributed by atoms with Gasteiger partial charge in [0.25, 0.3) is 0 Å². The Hall–Kier alpha value is -1.17. The summed E-state index contributed by atoms with van der Waals surface area (Å²) in [5.41, 5.74) is 0.622. The Balaban J connectivity index is 2.16. The molecule has 0 aliphatic carbocycles. The first kappa shape index (κ1) is 15.2. The van der Waals surface area contributed by atoms with E-state index in [2.05, 4.69) is 15.5 Å². The zero-order valence-electron chi connectivity index (χ0n) is 11.2. The molecule has 1 aromatic heterocycles. The van der Waals surface area contributed by atoms with Crippen molar-refractivity contribution in [2.75, 3.05) is 0 Å². The van der Waals surface area contributed by atoms with E-state index < -0.39 is 5.82 Å². The van der Waals surface area contributed by atoms with E-state index in [1.807, 2.05) is 13.8 Å². The second-order valence-corrected chi connectivity index (χ2v) is 5.37. The normalized spacial score (nSPS) is 14.3. The average Bonchev–Trinajstić information content (AvgIpc) is 2.80. The van der Waals surface area contributed by atoms with Crippen molar-refractivity contribution in [1.29, 1.82) is 0 Å². The van der Waals surface area contributed by atoms with Gasteiger partial charge in [-0.15, -0.1) is 10.2 Å². The van der Waals surface area contributed by atoms with Gasteiger partial charge in [-0.2, -0.15) is 0 Å². The maximum atomic E-state index is 13.5. The number of aryl methyl sites for hydroxylation is 1. The third-order valence-electron chi connectivity index (χ3n) is 2.92. The molecule has 7 heteroatoms. The van der Waals surface area contributed by atoms with E-state index in [9.17, 15) is 4.39 Å². The highest BCUT2D eigenvalue weighted by Crippen LogP contribution is 2.29. The molecule has 4 nitrogen and oxygen atoms in total. The highest BCUT2D eigenvalue weighted by molar-refractivity contribution is 6.35. The number of hydrogen-bond donors (Lipinski definition) is 1. The third kappa shape index (κ3) is 3.29. The largest absolute Gasteiger partial charge is 0.424 e. The van der Waals surface area contributed by atoms with Gasteiger partial charge in [0.05, 0.1) is 11.1 Å². The molecule has 1 heterocycles. The molecule has 2 aromatic rings. The molecular formula is C13H14Cl2FN3O. The van der Waals surface area contributed by atoms with E-state index >= 15 is 0 Å². The van der Waals surface area contributed by atoms with E-state index in [0.717, 1.165) is 0 Å². The van der Waals surface area contributed by atoms with Crippen LogP contribution in [0.25, 0.3) is 0 Å². The number of halogens is 3. The number of aromatic nitrogens is 2. The van der Waals surface area contributed by atoms with E-state index in [-0.39, 0.29) is 17.1 Å². The van der Waals surface area contributed by atoms with Gasteiger partial charge in [-0.1, -0.05) is 23.2 Å². The van der Waals surface area contributed by atoms with Crippen LogP contribution in [0, 0.1) is 12.7 Å². The number of benzene rings is 1. The summed E-state index contributed by atoms with van der Waals surface area (Å²) in [7, 11) is 0. The van der Waals surface area contributed by atoms with Crippen molar-refractivity contribution in [3.63, 3.8) is 0 Å². The van der Waals surface area contributed by atoms with Gasteiger partial charge in [0.2, 0.25) is 11.8 Å². The molecule has 108 valence electrons. The quantitative estimate of drug-likeness (QED) is 0.857. The number of nitrogens with one attached hydrogen (secondary N) is 1. The molecule has 1 N–H and O–H groups in total. The second-order valence-electron chi connectivity index (χ2n) is 4.56. The Morgan fingerprint density at radius 2 is 1.85 bits per heavy atom. The molecule has 0 radical (unpaired) electrons. The summed E-state index contributed by atoms with van der Waals surface area (Å²) in [5.74, 6) is 0.470. The van der Waals surface area contributed by atoms with Crippen LogP contribution >= 0.6 is 23.2 Å². The first-order valence-corrected chi connectivity index (χ1v) is 6.84. The molecule has 0 aliphatic heterocycles. The third-order valence-corrected chi connectivity index (χ3v) is 3.54. The van der Waals surface area contributed by atoms with E-state index in [1.165, 1.54) is 12.1 Å². The van der Waals surface area contributed by atoms with Crippen molar-refractivity contribution in [1.82, 2.24) is 15.5 Å². The summed E-state index contributed by atoms with van der Waals surface area (Å²) >= 11 is 11.8. The summed E-state index contributed by atoms with van der Waals surface area (Å²) in [4.78, 5) is 0. The molecule has 1 aromatic carbocycles. The van der Waals surface area contributed by atoms with Gasteiger partial charge in [0.15, 0.2) is 0 Å². The molecule has 2 rings (SSSR count). The smallest absolute Gasteiger partial charge is 0.233 e. The van der Waals surface area contributed by atoms with Crippen LogP contribution in [-0.2, 0) is 0 Å². The summed E-state index contributed by atoms with van der Waals surface area (Å²) in [5, 5.41) is 11.3. The second kappa shape index (κ2) is 6.08. The van der Waals surface area contributed by atoms with E-state index in [1.54, 1.807) is 6.92 Å². The Morgan fingerprint density at radius 1 is 1.15 bits per heavy atom.